The van der Waals surface area contributed by atoms with Crippen LogP contribution in [0.15, 0.2) is 30.3 Å². The van der Waals surface area contributed by atoms with Crippen molar-refractivity contribution in [3.05, 3.63) is 35.9 Å². The molecule has 0 saturated carbocycles. The zero-order chi connectivity index (χ0) is 16.1. The molecule has 0 bridgehead atoms. The Balaban J connectivity index is 2.04. The van der Waals surface area contributed by atoms with E-state index >= 15 is 0 Å². The van der Waals surface area contributed by atoms with Crippen LogP contribution in [-0.2, 0) is 9.59 Å². The summed E-state index contributed by atoms with van der Waals surface area (Å²) in [6.07, 6.45) is 1.90. The van der Waals surface area contributed by atoms with Crippen LogP contribution in [-0.4, -0.2) is 35.0 Å². The molecule has 0 aliphatic carbocycles. The lowest BCUT2D eigenvalue weighted by molar-refractivity contribution is -0.145. The van der Waals surface area contributed by atoms with E-state index in [1.165, 1.54) is 5.56 Å². The van der Waals surface area contributed by atoms with Gasteiger partial charge in [-0.2, -0.15) is 0 Å². The van der Waals surface area contributed by atoms with Crippen LogP contribution in [0.5, 0.6) is 0 Å². The summed E-state index contributed by atoms with van der Waals surface area (Å²) in [5.74, 6) is -0.577. The highest BCUT2D eigenvalue weighted by Gasteiger charge is 2.30. The number of benzene rings is 1. The first-order chi connectivity index (χ1) is 10.5. The Kier molecular flexibility index (Phi) is 5.58. The SMILES string of the molecule is CC(C)C(CC(=O)N1CCC[C@H](C(=O)O)C1)c1ccccc1. The molecule has 2 atom stereocenters. The van der Waals surface area contributed by atoms with Crippen LogP contribution in [0.1, 0.15) is 44.6 Å². The number of rotatable bonds is 5. The number of amides is 1. The number of carboxylic acids is 1. The molecule has 1 unspecified atom stereocenters. The topological polar surface area (TPSA) is 57.6 Å². The Labute approximate surface area is 132 Å². The molecule has 120 valence electrons. The van der Waals surface area contributed by atoms with Crippen LogP contribution in [0.4, 0.5) is 0 Å². The Morgan fingerprint density at radius 1 is 1.27 bits per heavy atom. The van der Waals surface area contributed by atoms with Gasteiger partial charge in [-0.1, -0.05) is 44.2 Å². The average Bonchev–Trinajstić information content (AvgIpc) is 2.53. The fourth-order valence-corrected chi connectivity index (χ4v) is 3.16. The van der Waals surface area contributed by atoms with E-state index < -0.39 is 11.9 Å². The number of hydrogen-bond donors (Lipinski definition) is 1. The molecule has 0 aromatic heterocycles. The number of hydrogen-bond acceptors (Lipinski definition) is 2. The van der Waals surface area contributed by atoms with Gasteiger partial charge in [0.05, 0.1) is 5.92 Å². The third kappa shape index (κ3) is 4.09. The van der Waals surface area contributed by atoms with Gasteiger partial charge >= 0.3 is 5.97 Å². The van der Waals surface area contributed by atoms with Gasteiger partial charge in [-0.05, 0) is 30.2 Å². The molecule has 1 aliphatic heterocycles. The van der Waals surface area contributed by atoms with E-state index in [2.05, 4.69) is 26.0 Å². The highest BCUT2D eigenvalue weighted by atomic mass is 16.4. The third-order valence-corrected chi connectivity index (χ3v) is 4.55. The third-order valence-electron chi connectivity index (χ3n) is 4.55. The Hall–Kier alpha value is -1.84. The Morgan fingerprint density at radius 2 is 1.95 bits per heavy atom. The van der Waals surface area contributed by atoms with Gasteiger partial charge in [0.2, 0.25) is 5.91 Å². The minimum Gasteiger partial charge on any atom is -0.481 e. The lowest BCUT2D eigenvalue weighted by atomic mass is 9.85. The first-order valence-electron chi connectivity index (χ1n) is 8.04. The first-order valence-corrected chi connectivity index (χ1v) is 8.04. The fourth-order valence-electron chi connectivity index (χ4n) is 3.16. The maximum absolute atomic E-state index is 12.6. The second-order valence-electron chi connectivity index (χ2n) is 6.48. The predicted molar refractivity (Wildman–Crippen MR) is 85.6 cm³/mol. The minimum absolute atomic E-state index is 0.0773. The molecule has 4 nitrogen and oxygen atoms in total. The molecule has 1 amide bonds. The zero-order valence-electron chi connectivity index (χ0n) is 13.4. The first kappa shape index (κ1) is 16.5. The van der Waals surface area contributed by atoms with Crippen molar-refractivity contribution in [1.82, 2.24) is 4.90 Å². The van der Waals surface area contributed by atoms with Gasteiger partial charge in [-0.15, -0.1) is 0 Å². The van der Waals surface area contributed by atoms with Gasteiger partial charge in [0.15, 0.2) is 0 Å². The number of piperidine rings is 1. The van der Waals surface area contributed by atoms with Crippen molar-refractivity contribution in [2.75, 3.05) is 13.1 Å². The van der Waals surface area contributed by atoms with E-state index in [0.717, 1.165) is 6.42 Å². The van der Waals surface area contributed by atoms with Gasteiger partial charge in [0.1, 0.15) is 0 Å². The van der Waals surface area contributed by atoms with Gasteiger partial charge in [0.25, 0.3) is 0 Å². The van der Waals surface area contributed by atoms with Gasteiger partial charge < -0.3 is 10.0 Å². The molecule has 1 aromatic carbocycles. The number of carbonyl (C=O) groups excluding carboxylic acids is 1. The van der Waals surface area contributed by atoms with Gasteiger partial charge in [-0.25, -0.2) is 0 Å². The normalized spacial score (nSPS) is 20.0. The molecule has 1 N–H and O–H groups in total. The highest BCUT2D eigenvalue weighted by molar-refractivity contribution is 5.78. The predicted octanol–water partition coefficient (Wildman–Crippen LogP) is 3.14. The van der Waals surface area contributed by atoms with Crippen LogP contribution in [0.2, 0.25) is 0 Å². The summed E-state index contributed by atoms with van der Waals surface area (Å²) in [6, 6.07) is 10.1. The molecule has 0 spiro atoms. The molecule has 1 aliphatic rings. The van der Waals surface area contributed by atoms with Crippen molar-refractivity contribution >= 4 is 11.9 Å². The maximum Gasteiger partial charge on any atom is 0.308 e. The van der Waals surface area contributed by atoms with Crippen molar-refractivity contribution in [2.45, 2.75) is 39.0 Å². The molecule has 22 heavy (non-hydrogen) atoms. The molecule has 0 radical (unpaired) electrons. The second kappa shape index (κ2) is 7.43. The quantitative estimate of drug-likeness (QED) is 0.909. The Bertz CT molecular complexity index is 512. The molecule has 1 fully saturated rings. The van der Waals surface area contributed by atoms with Crippen LogP contribution in [0.3, 0.4) is 0 Å². The van der Waals surface area contributed by atoms with Crippen molar-refractivity contribution in [2.24, 2.45) is 11.8 Å². The zero-order valence-corrected chi connectivity index (χ0v) is 13.4. The van der Waals surface area contributed by atoms with Crippen molar-refractivity contribution in [3.8, 4) is 0 Å². The summed E-state index contributed by atoms with van der Waals surface area (Å²) >= 11 is 0. The summed E-state index contributed by atoms with van der Waals surface area (Å²) in [4.78, 5) is 25.5. The summed E-state index contributed by atoms with van der Waals surface area (Å²) < 4.78 is 0. The number of likely N-dealkylation sites (tertiary alicyclic amines) is 1. The standard InChI is InChI=1S/C18H25NO3/c1-13(2)16(14-7-4-3-5-8-14)11-17(20)19-10-6-9-15(12-19)18(21)22/h3-5,7-8,13,15-16H,6,9-12H2,1-2H3,(H,21,22)/t15-,16?/m0/s1. The summed E-state index contributed by atoms with van der Waals surface area (Å²) in [7, 11) is 0. The van der Waals surface area contributed by atoms with E-state index in [-0.39, 0.29) is 11.8 Å². The van der Waals surface area contributed by atoms with Crippen LogP contribution >= 0.6 is 0 Å². The molecular weight excluding hydrogens is 278 g/mol. The Morgan fingerprint density at radius 3 is 2.55 bits per heavy atom. The number of carboxylic acid groups (broad SMARTS) is 1. The lowest BCUT2D eigenvalue weighted by Gasteiger charge is -2.32. The smallest absolute Gasteiger partial charge is 0.308 e. The van der Waals surface area contributed by atoms with E-state index in [0.29, 0.717) is 31.8 Å². The van der Waals surface area contributed by atoms with Gasteiger partial charge in [-0.3, -0.25) is 9.59 Å². The van der Waals surface area contributed by atoms with E-state index in [4.69, 9.17) is 5.11 Å². The number of nitrogens with zero attached hydrogens (tertiary/aromatic N) is 1. The lowest BCUT2D eigenvalue weighted by Crippen LogP contribution is -2.42. The molecule has 4 heteroatoms. The summed E-state index contributed by atoms with van der Waals surface area (Å²) in [5, 5.41) is 9.15. The van der Waals surface area contributed by atoms with E-state index in [1.807, 2.05) is 18.2 Å². The fraction of sp³-hybridized carbons (Fsp3) is 0.556. The number of aliphatic carboxylic acids is 1. The molecule has 1 heterocycles. The van der Waals surface area contributed by atoms with Gasteiger partial charge in [0, 0.05) is 19.5 Å². The van der Waals surface area contributed by atoms with Crippen LogP contribution in [0, 0.1) is 11.8 Å². The number of carbonyl (C=O) groups is 2. The molecule has 2 rings (SSSR count). The van der Waals surface area contributed by atoms with E-state index in [1.54, 1.807) is 4.90 Å². The van der Waals surface area contributed by atoms with Crippen molar-refractivity contribution < 1.29 is 14.7 Å². The highest BCUT2D eigenvalue weighted by Crippen LogP contribution is 2.29. The average molecular weight is 303 g/mol. The largest absolute Gasteiger partial charge is 0.481 e. The van der Waals surface area contributed by atoms with Crippen LogP contribution < -0.4 is 0 Å². The van der Waals surface area contributed by atoms with Crippen molar-refractivity contribution in [1.29, 1.82) is 0 Å². The van der Waals surface area contributed by atoms with Crippen molar-refractivity contribution in [3.63, 3.8) is 0 Å². The molecule has 1 saturated heterocycles. The second-order valence-corrected chi connectivity index (χ2v) is 6.48. The minimum atomic E-state index is -0.791. The van der Waals surface area contributed by atoms with Crippen LogP contribution in [0.25, 0.3) is 0 Å². The maximum atomic E-state index is 12.6. The summed E-state index contributed by atoms with van der Waals surface area (Å²) in [6.45, 7) is 5.29. The molecule has 1 aromatic rings. The van der Waals surface area contributed by atoms with E-state index in [9.17, 15) is 9.59 Å². The monoisotopic (exact) mass is 303 g/mol. The summed E-state index contributed by atoms with van der Waals surface area (Å²) in [5.41, 5.74) is 1.18. The molecular formula is C18H25NO3.